The molecule has 180 valence electrons. The molecule has 1 spiro atoms. The van der Waals surface area contributed by atoms with E-state index in [9.17, 15) is 13.2 Å². The number of aryl methyl sites for hydroxylation is 1. The van der Waals surface area contributed by atoms with Crippen molar-refractivity contribution < 1.29 is 13.2 Å². The smallest absolute Gasteiger partial charge is 0.304 e. The molecule has 1 aliphatic carbocycles. The van der Waals surface area contributed by atoms with E-state index in [2.05, 4.69) is 25.1 Å². The first kappa shape index (κ1) is 23.3. The van der Waals surface area contributed by atoms with Gasteiger partial charge in [-0.25, -0.2) is 4.98 Å². The molecule has 3 heterocycles. The maximum Gasteiger partial charge on any atom is 0.416 e. The van der Waals surface area contributed by atoms with Crippen molar-refractivity contribution in [2.24, 2.45) is 12.5 Å². The molecule has 6 nitrogen and oxygen atoms in total. The fourth-order valence-electron chi connectivity index (χ4n) is 5.04. The van der Waals surface area contributed by atoms with Crippen LogP contribution in [0.15, 0.2) is 41.8 Å². The van der Waals surface area contributed by atoms with E-state index < -0.39 is 11.7 Å². The zero-order valence-electron chi connectivity index (χ0n) is 19.2. The highest BCUT2D eigenvalue weighted by Gasteiger charge is 2.57. The zero-order valence-corrected chi connectivity index (χ0v) is 20.0. The Morgan fingerprint density at radius 1 is 1.15 bits per heavy atom. The Bertz CT molecular complexity index is 1160. The number of likely N-dealkylation sites (tertiary alicyclic amines) is 1. The lowest BCUT2D eigenvalue weighted by molar-refractivity contribution is -0.137. The van der Waals surface area contributed by atoms with Crippen LogP contribution >= 0.6 is 11.8 Å². The predicted octanol–water partition coefficient (Wildman–Crippen LogP) is 4.96. The second-order valence-corrected chi connectivity index (χ2v) is 10.4. The molecule has 1 aliphatic heterocycles. The van der Waals surface area contributed by atoms with Crippen LogP contribution in [0, 0.1) is 12.3 Å². The van der Waals surface area contributed by atoms with Gasteiger partial charge < -0.3 is 9.47 Å². The molecular formula is C24H27F3N6S. The zero-order chi connectivity index (χ0) is 23.9. The average molecular weight is 489 g/mol. The summed E-state index contributed by atoms with van der Waals surface area (Å²) in [5, 5.41) is 9.46. The van der Waals surface area contributed by atoms with Crippen molar-refractivity contribution in [2.45, 2.75) is 43.4 Å². The van der Waals surface area contributed by atoms with Crippen LogP contribution in [0.4, 0.5) is 13.2 Å². The van der Waals surface area contributed by atoms with E-state index in [0.717, 1.165) is 66.8 Å². The summed E-state index contributed by atoms with van der Waals surface area (Å²) in [5.41, 5.74) is 2.28. The molecule has 2 atom stereocenters. The van der Waals surface area contributed by atoms with E-state index in [1.54, 1.807) is 36.3 Å². The second kappa shape index (κ2) is 8.96. The summed E-state index contributed by atoms with van der Waals surface area (Å²) in [6.45, 7) is 5.01. The van der Waals surface area contributed by atoms with Crippen LogP contribution in [0.1, 0.15) is 42.0 Å². The molecule has 2 fully saturated rings. The van der Waals surface area contributed by atoms with E-state index in [1.165, 1.54) is 12.1 Å². The number of halogens is 3. The Morgan fingerprint density at radius 2 is 1.94 bits per heavy atom. The first-order valence-electron chi connectivity index (χ1n) is 11.5. The number of nitrogens with zero attached hydrogens (tertiary/aromatic N) is 6. The van der Waals surface area contributed by atoms with Crippen LogP contribution in [0.2, 0.25) is 0 Å². The van der Waals surface area contributed by atoms with E-state index in [1.807, 2.05) is 18.5 Å². The Labute approximate surface area is 201 Å². The summed E-state index contributed by atoms with van der Waals surface area (Å²) in [5.74, 6) is 2.04. The van der Waals surface area contributed by atoms with Gasteiger partial charge in [-0.3, -0.25) is 4.98 Å². The second-order valence-electron chi connectivity index (χ2n) is 9.38. The minimum Gasteiger partial charge on any atom is -0.304 e. The van der Waals surface area contributed by atoms with Crippen LogP contribution in [0.25, 0.3) is 11.5 Å². The van der Waals surface area contributed by atoms with Gasteiger partial charge in [-0.15, -0.1) is 10.2 Å². The summed E-state index contributed by atoms with van der Waals surface area (Å²) >= 11 is 1.69. The molecule has 2 aromatic heterocycles. The van der Waals surface area contributed by atoms with Crippen molar-refractivity contribution >= 4 is 11.8 Å². The Balaban J connectivity index is 1.09. The molecular weight excluding hydrogens is 461 g/mol. The minimum absolute atomic E-state index is 0.250. The summed E-state index contributed by atoms with van der Waals surface area (Å²) in [4.78, 5) is 11.2. The van der Waals surface area contributed by atoms with Gasteiger partial charge in [0, 0.05) is 25.5 Å². The normalized spacial score (nSPS) is 22.6. The van der Waals surface area contributed by atoms with Gasteiger partial charge in [-0.1, -0.05) is 23.9 Å². The maximum absolute atomic E-state index is 12.8. The fourth-order valence-corrected chi connectivity index (χ4v) is 5.87. The number of alkyl halides is 3. The van der Waals surface area contributed by atoms with E-state index in [0.29, 0.717) is 11.7 Å². The summed E-state index contributed by atoms with van der Waals surface area (Å²) in [6.07, 6.45) is 2.38. The lowest BCUT2D eigenvalue weighted by Gasteiger charge is -2.16. The Morgan fingerprint density at radius 3 is 2.68 bits per heavy atom. The molecule has 2 aliphatic rings. The third kappa shape index (κ3) is 4.70. The van der Waals surface area contributed by atoms with Crippen LogP contribution in [-0.4, -0.2) is 55.0 Å². The van der Waals surface area contributed by atoms with Gasteiger partial charge >= 0.3 is 6.18 Å². The van der Waals surface area contributed by atoms with Crippen LogP contribution in [0.3, 0.4) is 0 Å². The van der Waals surface area contributed by atoms with Crippen LogP contribution in [0.5, 0.6) is 0 Å². The average Bonchev–Trinajstić information content (AvgIpc) is 3.14. The number of aromatic nitrogens is 5. The number of benzene rings is 1. The van der Waals surface area contributed by atoms with Gasteiger partial charge in [0.2, 0.25) is 0 Å². The lowest BCUT2D eigenvalue weighted by atomic mass is 9.97. The van der Waals surface area contributed by atoms with Gasteiger partial charge in [0.1, 0.15) is 5.69 Å². The standard InChI is InChI=1S/C24H27F3N6S/c1-16-13-28-14-20(29-16)21-30-31-22(32(21)2)34-11-3-9-33-10-8-23(15-33)12-19(23)17-4-6-18(7-5-17)24(25,26)27/h4-7,13-14,19H,3,8-12,15H2,1-2H3. The summed E-state index contributed by atoms with van der Waals surface area (Å²) in [6, 6.07) is 5.77. The quantitative estimate of drug-likeness (QED) is 0.346. The highest BCUT2D eigenvalue weighted by atomic mass is 32.2. The van der Waals surface area contributed by atoms with Gasteiger partial charge in [0.15, 0.2) is 11.0 Å². The minimum atomic E-state index is -4.27. The molecule has 3 aromatic rings. The highest BCUT2D eigenvalue weighted by Crippen LogP contribution is 2.64. The molecule has 0 amide bonds. The van der Waals surface area contributed by atoms with Gasteiger partial charge in [-0.2, -0.15) is 13.2 Å². The summed E-state index contributed by atoms with van der Waals surface area (Å²) in [7, 11) is 1.94. The number of hydrogen-bond donors (Lipinski definition) is 0. The Hall–Kier alpha value is -2.46. The Kier molecular flexibility index (Phi) is 6.14. The molecule has 1 saturated heterocycles. The van der Waals surface area contributed by atoms with Crippen molar-refractivity contribution in [2.75, 3.05) is 25.4 Å². The number of rotatable bonds is 7. The van der Waals surface area contributed by atoms with Crippen molar-refractivity contribution in [1.82, 2.24) is 29.6 Å². The fraction of sp³-hybridized carbons (Fsp3) is 0.500. The molecule has 0 bridgehead atoms. The predicted molar refractivity (Wildman–Crippen MR) is 124 cm³/mol. The van der Waals surface area contributed by atoms with Gasteiger partial charge in [0.05, 0.1) is 17.5 Å². The molecule has 0 N–H and O–H groups in total. The molecule has 2 unspecified atom stereocenters. The van der Waals surface area contributed by atoms with E-state index in [-0.39, 0.29) is 5.41 Å². The third-order valence-electron chi connectivity index (χ3n) is 6.96. The van der Waals surface area contributed by atoms with E-state index >= 15 is 0 Å². The topological polar surface area (TPSA) is 59.7 Å². The monoisotopic (exact) mass is 488 g/mol. The largest absolute Gasteiger partial charge is 0.416 e. The number of hydrogen-bond acceptors (Lipinski definition) is 6. The molecule has 10 heteroatoms. The van der Waals surface area contributed by atoms with Crippen molar-refractivity contribution in [3.63, 3.8) is 0 Å². The van der Waals surface area contributed by atoms with Crippen molar-refractivity contribution in [3.8, 4) is 11.5 Å². The molecule has 5 rings (SSSR count). The first-order chi connectivity index (χ1) is 16.2. The third-order valence-corrected chi connectivity index (χ3v) is 8.07. The first-order valence-corrected chi connectivity index (χ1v) is 12.4. The summed E-state index contributed by atoms with van der Waals surface area (Å²) < 4.78 is 40.4. The number of thioether (sulfide) groups is 1. The van der Waals surface area contributed by atoms with Gasteiger partial charge in [0.25, 0.3) is 0 Å². The maximum atomic E-state index is 12.8. The molecule has 1 aromatic carbocycles. The van der Waals surface area contributed by atoms with Gasteiger partial charge in [-0.05, 0) is 68.3 Å². The van der Waals surface area contributed by atoms with Crippen LogP contribution < -0.4 is 0 Å². The highest BCUT2D eigenvalue weighted by molar-refractivity contribution is 7.99. The SMILES string of the molecule is Cc1cncc(-c2nnc(SCCCN3CCC4(CC4c4ccc(C(F)(F)F)cc4)C3)n2C)n1. The van der Waals surface area contributed by atoms with Crippen molar-refractivity contribution in [1.29, 1.82) is 0 Å². The van der Waals surface area contributed by atoms with E-state index in [4.69, 9.17) is 0 Å². The molecule has 1 saturated carbocycles. The molecule has 0 radical (unpaired) electrons. The molecule has 34 heavy (non-hydrogen) atoms. The lowest BCUT2D eigenvalue weighted by Crippen LogP contribution is -2.23. The van der Waals surface area contributed by atoms with Crippen LogP contribution in [-0.2, 0) is 13.2 Å². The van der Waals surface area contributed by atoms with Crippen molar-refractivity contribution in [3.05, 3.63) is 53.5 Å².